The molecule has 0 aliphatic carbocycles. The van der Waals surface area contributed by atoms with Crippen molar-refractivity contribution in [2.75, 3.05) is 19.0 Å². The van der Waals surface area contributed by atoms with Crippen LogP contribution in [0.5, 0.6) is 0 Å². The van der Waals surface area contributed by atoms with E-state index in [1.54, 1.807) is 11.6 Å². The largest absolute Gasteiger partial charge is 0.479 e. The highest BCUT2D eigenvalue weighted by Gasteiger charge is 2.38. The van der Waals surface area contributed by atoms with Crippen molar-refractivity contribution in [2.45, 2.75) is 24.9 Å². The topological polar surface area (TPSA) is 149 Å². The molecule has 3 atom stereocenters. The third kappa shape index (κ3) is 3.70. The third-order valence-electron chi connectivity index (χ3n) is 4.27. The van der Waals surface area contributed by atoms with Crippen LogP contribution in [0.3, 0.4) is 0 Å². The molecule has 2 aromatic rings. The first-order chi connectivity index (χ1) is 13.3. The fraction of sp³-hybridized carbons (Fsp3) is 0.438. The Morgan fingerprint density at radius 2 is 2.21 bits per heavy atom. The van der Waals surface area contributed by atoms with Gasteiger partial charge < -0.3 is 25.0 Å². The maximum absolute atomic E-state index is 11.0. The van der Waals surface area contributed by atoms with Crippen molar-refractivity contribution >= 4 is 40.5 Å². The molecule has 0 amide bonds. The number of hydrogen-bond donors (Lipinski definition) is 3. The van der Waals surface area contributed by atoms with Crippen molar-refractivity contribution in [1.29, 1.82) is 0 Å². The molecule has 2 unspecified atom stereocenters. The Hall–Kier alpha value is -2.94. The van der Waals surface area contributed by atoms with Crippen LogP contribution in [0.4, 0.5) is 5.82 Å². The maximum atomic E-state index is 11.0. The first-order valence-corrected chi connectivity index (χ1v) is 8.50. The van der Waals surface area contributed by atoms with E-state index >= 15 is 0 Å². The van der Waals surface area contributed by atoms with Gasteiger partial charge in [0.15, 0.2) is 17.0 Å². The average molecular weight is 410 g/mol. The Labute approximate surface area is 163 Å². The van der Waals surface area contributed by atoms with Crippen LogP contribution >= 0.6 is 11.6 Å². The molecule has 1 aliphatic heterocycles. The predicted molar refractivity (Wildman–Crippen MR) is 95.7 cm³/mol. The van der Waals surface area contributed by atoms with Gasteiger partial charge >= 0.3 is 11.9 Å². The zero-order chi connectivity index (χ0) is 20.4. The molecule has 1 aliphatic rings. The molecule has 11 nitrogen and oxygen atoms in total. The summed E-state index contributed by atoms with van der Waals surface area (Å²) in [6.07, 6.45) is 4.16. The summed E-state index contributed by atoms with van der Waals surface area (Å²) in [7, 11) is 1.67. The number of rotatable bonds is 7. The highest BCUT2D eigenvalue weighted by Crippen LogP contribution is 2.35. The number of carboxylic acid groups (broad SMARTS) is 2. The minimum absolute atomic E-state index is 0.0238. The van der Waals surface area contributed by atoms with Gasteiger partial charge in [0, 0.05) is 13.5 Å². The summed E-state index contributed by atoms with van der Waals surface area (Å²) in [6.45, 7) is -0.293. The van der Waals surface area contributed by atoms with Crippen LogP contribution in [0.2, 0.25) is 5.28 Å². The molecule has 0 aromatic carbocycles. The van der Waals surface area contributed by atoms with E-state index in [2.05, 4.69) is 26.2 Å². The first kappa shape index (κ1) is 19.8. The standard InChI is InChI=1S/C16H16ClN5O6/c1-3-7-4-9(28-8(7)5-27-11(14(23)24)15(25)26)22-6-19-10-12(18-2)20-16(17)21-13(10)22/h1,6-9,11H,4-5H2,2H3,(H,23,24)(H,25,26)(H,18,20,21)/t7-,8?,9?/m1/s1. The quantitative estimate of drug-likeness (QED) is 0.337. The lowest BCUT2D eigenvalue weighted by Gasteiger charge is -2.17. The highest BCUT2D eigenvalue weighted by atomic mass is 35.5. The van der Waals surface area contributed by atoms with E-state index in [4.69, 9.17) is 37.7 Å². The molecule has 3 N–H and O–H groups in total. The number of imidazole rings is 1. The van der Waals surface area contributed by atoms with Crippen molar-refractivity contribution in [2.24, 2.45) is 5.92 Å². The number of halogens is 1. The number of carboxylic acids is 2. The maximum Gasteiger partial charge on any atom is 0.344 e. The van der Waals surface area contributed by atoms with E-state index in [0.717, 1.165) is 0 Å². The summed E-state index contributed by atoms with van der Waals surface area (Å²) in [5.74, 6) is -0.620. The molecule has 0 bridgehead atoms. The van der Waals surface area contributed by atoms with Gasteiger partial charge in [-0.05, 0) is 11.6 Å². The SMILES string of the molecule is C#C[C@@H]1CC(n2cnc3c(NC)nc(Cl)nc32)OC1COC(C(=O)O)C(=O)O. The molecule has 148 valence electrons. The van der Waals surface area contributed by atoms with Crippen molar-refractivity contribution in [3.63, 3.8) is 0 Å². The second-order valence-corrected chi connectivity index (χ2v) is 6.28. The van der Waals surface area contributed by atoms with Crippen LogP contribution in [0.15, 0.2) is 6.33 Å². The van der Waals surface area contributed by atoms with Gasteiger partial charge in [-0.2, -0.15) is 9.97 Å². The van der Waals surface area contributed by atoms with Crippen LogP contribution in [-0.2, 0) is 19.1 Å². The van der Waals surface area contributed by atoms with E-state index in [0.29, 0.717) is 23.4 Å². The molecule has 0 saturated carbocycles. The van der Waals surface area contributed by atoms with Gasteiger partial charge in [-0.1, -0.05) is 0 Å². The minimum Gasteiger partial charge on any atom is -0.479 e. The first-order valence-electron chi connectivity index (χ1n) is 8.12. The number of nitrogens with one attached hydrogen (secondary N) is 1. The summed E-state index contributed by atoms with van der Waals surface area (Å²) >= 11 is 5.96. The number of fused-ring (bicyclic) bond motifs is 1. The van der Waals surface area contributed by atoms with Crippen LogP contribution in [0.25, 0.3) is 11.2 Å². The van der Waals surface area contributed by atoms with Crippen molar-refractivity contribution in [1.82, 2.24) is 19.5 Å². The Morgan fingerprint density at radius 1 is 1.50 bits per heavy atom. The van der Waals surface area contributed by atoms with Crippen molar-refractivity contribution < 1.29 is 29.3 Å². The van der Waals surface area contributed by atoms with Crippen LogP contribution in [0.1, 0.15) is 12.6 Å². The number of anilines is 1. The predicted octanol–water partition coefficient (Wildman–Crippen LogP) is 0.613. The molecule has 1 saturated heterocycles. The normalized spacial score (nSPS) is 21.7. The number of terminal acetylenes is 1. The molecule has 12 heteroatoms. The number of hydrogen-bond acceptors (Lipinski definition) is 8. The highest BCUT2D eigenvalue weighted by molar-refractivity contribution is 6.28. The number of nitrogens with zero attached hydrogens (tertiary/aromatic N) is 4. The average Bonchev–Trinajstić information content (AvgIpc) is 3.24. The molecule has 3 rings (SSSR count). The molecule has 2 aromatic heterocycles. The van der Waals surface area contributed by atoms with Gasteiger partial charge in [0.1, 0.15) is 6.23 Å². The van der Waals surface area contributed by atoms with E-state index in [1.807, 2.05) is 0 Å². The number of aromatic nitrogens is 4. The number of aliphatic carboxylic acids is 2. The third-order valence-corrected chi connectivity index (χ3v) is 4.44. The van der Waals surface area contributed by atoms with E-state index < -0.39 is 36.3 Å². The second kappa shape index (κ2) is 7.97. The molecule has 28 heavy (non-hydrogen) atoms. The van der Waals surface area contributed by atoms with E-state index in [-0.39, 0.29) is 11.9 Å². The summed E-state index contributed by atoms with van der Waals surface area (Å²) in [4.78, 5) is 34.4. The van der Waals surface area contributed by atoms with Gasteiger partial charge in [0.2, 0.25) is 5.28 Å². The van der Waals surface area contributed by atoms with Gasteiger partial charge in [-0.3, -0.25) is 4.57 Å². The fourth-order valence-corrected chi connectivity index (χ4v) is 3.11. The van der Waals surface area contributed by atoms with Crippen LogP contribution in [0, 0.1) is 18.3 Å². The summed E-state index contributed by atoms with van der Waals surface area (Å²) in [5, 5.41) is 20.7. The Bertz CT molecular complexity index is 943. The molecular formula is C16H16ClN5O6. The summed E-state index contributed by atoms with van der Waals surface area (Å²) < 4.78 is 12.5. The Balaban J connectivity index is 1.81. The van der Waals surface area contributed by atoms with Crippen molar-refractivity contribution in [3.05, 3.63) is 11.6 Å². The van der Waals surface area contributed by atoms with Gasteiger partial charge in [0.05, 0.1) is 25.0 Å². The monoisotopic (exact) mass is 409 g/mol. The fourth-order valence-electron chi connectivity index (χ4n) is 2.95. The molecule has 3 heterocycles. The van der Waals surface area contributed by atoms with Gasteiger partial charge in [-0.15, -0.1) is 12.3 Å². The van der Waals surface area contributed by atoms with Crippen molar-refractivity contribution in [3.8, 4) is 12.3 Å². The molecule has 0 radical (unpaired) electrons. The smallest absolute Gasteiger partial charge is 0.344 e. The van der Waals surface area contributed by atoms with Gasteiger partial charge in [0.25, 0.3) is 6.10 Å². The Kier molecular flexibility index (Phi) is 5.64. The molecule has 0 spiro atoms. The zero-order valence-electron chi connectivity index (χ0n) is 14.6. The second-order valence-electron chi connectivity index (χ2n) is 5.94. The lowest BCUT2D eigenvalue weighted by Crippen LogP contribution is -2.36. The Morgan fingerprint density at radius 3 is 2.82 bits per heavy atom. The van der Waals surface area contributed by atoms with E-state index in [9.17, 15) is 9.59 Å². The minimum atomic E-state index is -2.00. The number of carbonyl (C=O) groups is 2. The number of ether oxygens (including phenoxy) is 2. The van der Waals surface area contributed by atoms with Gasteiger partial charge in [-0.25, -0.2) is 14.6 Å². The van der Waals surface area contributed by atoms with Crippen LogP contribution < -0.4 is 5.32 Å². The summed E-state index contributed by atoms with van der Waals surface area (Å²) in [6, 6.07) is 0. The lowest BCUT2D eigenvalue weighted by atomic mass is 10.0. The molecule has 1 fully saturated rings. The lowest BCUT2D eigenvalue weighted by molar-refractivity contribution is -0.169. The molecular weight excluding hydrogens is 394 g/mol. The van der Waals surface area contributed by atoms with E-state index in [1.165, 1.54) is 6.33 Å². The zero-order valence-corrected chi connectivity index (χ0v) is 15.3. The summed E-state index contributed by atoms with van der Waals surface area (Å²) in [5.41, 5.74) is 0.921. The van der Waals surface area contributed by atoms with Crippen LogP contribution in [-0.4, -0.2) is 67.5 Å².